The second-order valence-electron chi connectivity index (χ2n) is 17.0. The predicted molar refractivity (Wildman–Crippen MR) is 276 cm³/mol. The minimum absolute atomic E-state index is 0.0804. The van der Waals surface area contributed by atoms with Crippen LogP contribution in [0, 0.1) is 11.8 Å². The zero-order valence-corrected chi connectivity index (χ0v) is 46.1. The quantitative estimate of drug-likeness (QED) is 0.0263. The molecule has 1 aliphatic rings. The lowest BCUT2D eigenvalue weighted by Gasteiger charge is -2.27. The molecule has 0 bridgehead atoms. The van der Waals surface area contributed by atoms with Crippen LogP contribution in [0.1, 0.15) is 177 Å². The summed E-state index contributed by atoms with van der Waals surface area (Å²) in [4.78, 5) is 88.9. The molecule has 0 aliphatic heterocycles. The molecule has 0 N–H and O–H groups in total. The topological polar surface area (TPSA) is 238 Å². The fourth-order valence-corrected chi connectivity index (χ4v) is 6.13. The third kappa shape index (κ3) is 46.6. The summed E-state index contributed by atoms with van der Waals surface area (Å²) in [5, 5.41) is 0. The predicted octanol–water partition coefficient (Wildman–Crippen LogP) is 9.58. The molecular weight excluding hydrogens is 965 g/mol. The summed E-state index contributed by atoms with van der Waals surface area (Å²) >= 11 is 0. The maximum Gasteiger partial charge on any atom is 0.311 e. The summed E-state index contributed by atoms with van der Waals surface area (Å²) in [6.07, 6.45) is 13.3. The molecule has 2 rings (SSSR count). The van der Waals surface area contributed by atoms with Crippen LogP contribution in [0.3, 0.4) is 0 Å². The van der Waals surface area contributed by atoms with E-state index in [0.717, 1.165) is 70.6 Å². The molecule has 0 saturated heterocycles. The van der Waals surface area contributed by atoms with Crippen LogP contribution < -0.4 is 9.47 Å². The first-order valence-corrected chi connectivity index (χ1v) is 26.9. The molecule has 0 amide bonds. The Kier molecular flexibility index (Phi) is 49.2. The van der Waals surface area contributed by atoms with Crippen molar-refractivity contribution in [2.24, 2.45) is 11.8 Å². The van der Waals surface area contributed by atoms with E-state index >= 15 is 0 Å². The van der Waals surface area contributed by atoms with Crippen molar-refractivity contribution in [3.05, 3.63) is 24.3 Å². The largest absolute Gasteiger partial charge is 0.465 e. The molecule has 1 aromatic rings. The number of hydrogen-bond acceptors (Lipinski definition) is 19. The molecule has 0 unspecified atom stereocenters. The van der Waals surface area contributed by atoms with Gasteiger partial charge in [-0.25, -0.2) is 0 Å². The van der Waals surface area contributed by atoms with Crippen LogP contribution in [-0.4, -0.2) is 127 Å². The summed E-state index contributed by atoms with van der Waals surface area (Å²) in [6.45, 7) is 19.7. The van der Waals surface area contributed by atoms with Crippen LogP contribution >= 0.6 is 0 Å². The number of ether oxygens (including phenoxy) is 11. The van der Waals surface area contributed by atoms with Gasteiger partial charge in [-0.15, -0.1) is 0 Å². The van der Waals surface area contributed by atoms with Crippen LogP contribution in [0.25, 0.3) is 0 Å². The number of hydrogen-bond donors (Lipinski definition) is 0. The molecule has 74 heavy (non-hydrogen) atoms. The molecule has 426 valence electrons. The molecule has 0 heterocycles. The van der Waals surface area contributed by atoms with Crippen molar-refractivity contribution in [3.8, 4) is 11.5 Å². The Morgan fingerprint density at radius 2 is 0.608 bits per heavy atom. The number of esters is 8. The molecule has 0 spiro atoms. The Balaban J connectivity index is 0. The van der Waals surface area contributed by atoms with Gasteiger partial charge in [-0.2, -0.15) is 0 Å². The fourth-order valence-electron chi connectivity index (χ4n) is 6.13. The molecule has 0 atom stereocenters. The molecule has 1 fully saturated rings. The van der Waals surface area contributed by atoms with Gasteiger partial charge in [-0.05, 0) is 94.6 Å². The van der Waals surface area contributed by atoms with Crippen LogP contribution in [0.15, 0.2) is 24.3 Å². The normalized spacial score (nSPS) is 13.4. The Bertz CT molecular complexity index is 1540. The van der Waals surface area contributed by atoms with Gasteiger partial charge in [0.2, 0.25) is 0 Å². The summed E-state index contributed by atoms with van der Waals surface area (Å²) in [5.41, 5.74) is 0. The van der Waals surface area contributed by atoms with Gasteiger partial charge in [0.25, 0.3) is 0 Å². The van der Waals surface area contributed by atoms with Gasteiger partial charge in [0, 0.05) is 57.4 Å². The van der Waals surface area contributed by atoms with Crippen LogP contribution in [0.5, 0.6) is 11.5 Å². The van der Waals surface area contributed by atoms with E-state index in [1.165, 1.54) is 0 Å². The zero-order chi connectivity index (χ0) is 55.5. The highest BCUT2D eigenvalue weighted by Gasteiger charge is 2.23. The highest BCUT2D eigenvalue weighted by molar-refractivity contribution is 5.74. The van der Waals surface area contributed by atoms with Crippen molar-refractivity contribution >= 4 is 47.8 Å². The van der Waals surface area contributed by atoms with E-state index in [0.29, 0.717) is 128 Å². The van der Waals surface area contributed by atoms with Crippen molar-refractivity contribution in [1.29, 1.82) is 0 Å². The van der Waals surface area contributed by atoms with Crippen LogP contribution in [0.2, 0.25) is 0 Å². The number of benzene rings is 1. The Morgan fingerprint density at radius 1 is 0.351 bits per heavy atom. The van der Waals surface area contributed by atoms with Crippen molar-refractivity contribution < 1.29 is 90.5 Å². The number of carbonyl (C=O) groups excluding carboxylic acids is 8. The van der Waals surface area contributed by atoms with Crippen LogP contribution in [-0.2, 0) is 81.0 Å². The summed E-state index contributed by atoms with van der Waals surface area (Å²) in [6, 6.07) is 6.54. The maximum atomic E-state index is 11.3. The summed E-state index contributed by atoms with van der Waals surface area (Å²) in [5.74, 6) is 0.211. The monoisotopic (exact) mass is 1060 g/mol. The minimum Gasteiger partial charge on any atom is -0.465 e. The second kappa shape index (κ2) is 51.4. The third-order valence-electron chi connectivity index (χ3n) is 10.00. The Labute approximate surface area is 441 Å². The zero-order valence-electron chi connectivity index (χ0n) is 46.1. The Morgan fingerprint density at radius 3 is 0.892 bits per heavy atom. The van der Waals surface area contributed by atoms with E-state index < -0.39 is 0 Å². The maximum absolute atomic E-state index is 11.3. The Hall–Kier alpha value is -5.14. The van der Waals surface area contributed by atoms with E-state index in [1.807, 2.05) is 48.5 Å². The number of carbonyl (C=O) groups is 8. The van der Waals surface area contributed by atoms with E-state index in [9.17, 15) is 38.4 Å². The molecule has 1 aliphatic carbocycles. The summed E-state index contributed by atoms with van der Waals surface area (Å²) < 4.78 is 55.7. The molecular formula is C55H92O19. The highest BCUT2D eigenvalue weighted by Crippen LogP contribution is 2.29. The SMILES string of the molecule is CCCC(=O)OCC1CCC(COC(=O)CCC)CC1.CCCC(=O)OCCOCCOC(=O)CCC.CCCC(=O)OCCOCCOCCOC(=O)CC.CCCC(=O)Oc1cccc(OC(=O)CCC)c1. The first kappa shape index (κ1) is 70.9. The van der Waals surface area contributed by atoms with Crippen molar-refractivity contribution in [1.82, 2.24) is 0 Å². The first-order valence-electron chi connectivity index (χ1n) is 26.9. The van der Waals surface area contributed by atoms with Crippen molar-refractivity contribution in [3.63, 3.8) is 0 Å². The third-order valence-corrected chi connectivity index (χ3v) is 10.00. The van der Waals surface area contributed by atoms with Crippen molar-refractivity contribution in [2.45, 2.75) is 177 Å². The average Bonchev–Trinajstić information content (AvgIpc) is 3.37. The minimum atomic E-state index is -0.283. The second-order valence-corrected chi connectivity index (χ2v) is 17.0. The van der Waals surface area contributed by atoms with Crippen LogP contribution in [0.4, 0.5) is 0 Å². The molecule has 1 aromatic carbocycles. The first-order chi connectivity index (χ1) is 35.7. The number of rotatable bonds is 36. The van der Waals surface area contributed by atoms with E-state index in [-0.39, 0.29) is 74.2 Å². The molecule has 19 heteroatoms. The van der Waals surface area contributed by atoms with Gasteiger partial charge in [-0.1, -0.05) is 61.5 Å². The molecule has 0 aromatic heterocycles. The lowest BCUT2D eigenvalue weighted by molar-refractivity contribution is -0.147. The fraction of sp³-hybridized carbons (Fsp3) is 0.745. The average molecular weight is 1060 g/mol. The van der Waals surface area contributed by atoms with Gasteiger partial charge in [0.05, 0.1) is 52.9 Å². The van der Waals surface area contributed by atoms with Gasteiger partial charge < -0.3 is 52.1 Å². The van der Waals surface area contributed by atoms with Crippen molar-refractivity contribution in [2.75, 3.05) is 79.3 Å². The molecule has 0 radical (unpaired) electrons. The van der Waals surface area contributed by atoms with E-state index in [4.69, 9.17) is 52.1 Å². The summed E-state index contributed by atoms with van der Waals surface area (Å²) in [7, 11) is 0. The van der Waals surface area contributed by atoms with Gasteiger partial charge in [0.1, 0.15) is 37.9 Å². The highest BCUT2D eigenvalue weighted by atomic mass is 16.6. The van der Waals surface area contributed by atoms with Gasteiger partial charge in [0.15, 0.2) is 0 Å². The standard InChI is InChI=1S/C16H28O4.C14H18O4.C13H24O6.C12H22O5/c1-3-5-15(17)19-11-13-7-9-14(10-8-13)12-20-16(18)6-4-2;1-3-6-13(15)17-11-8-5-9-12(10-11)18-14(16)7-4-2;1-3-5-13(15)19-11-9-17-7-6-16-8-10-18-12(14)4-2;1-3-5-11(13)16-9-7-15-8-10-17-12(14)6-4-2/h13-14H,3-12H2,1-2H3;5,8-10H,3-4,6-7H2,1-2H3;3-11H2,1-2H3;3-10H2,1-2H3. The smallest absolute Gasteiger partial charge is 0.311 e. The van der Waals surface area contributed by atoms with Gasteiger partial charge >= 0.3 is 47.8 Å². The van der Waals surface area contributed by atoms with E-state index in [2.05, 4.69) is 0 Å². The van der Waals surface area contributed by atoms with E-state index in [1.54, 1.807) is 31.2 Å². The lowest BCUT2D eigenvalue weighted by atomic mass is 9.83. The van der Waals surface area contributed by atoms with Gasteiger partial charge in [-0.3, -0.25) is 38.4 Å². The molecule has 1 saturated carbocycles. The molecule has 19 nitrogen and oxygen atoms in total. The lowest BCUT2D eigenvalue weighted by Crippen LogP contribution is -2.23.